The fourth-order valence-electron chi connectivity index (χ4n) is 2.34. The van der Waals surface area contributed by atoms with E-state index >= 15 is 0 Å². The average Bonchev–Trinajstić information content (AvgIpc) is 2.60. The summed E-state index contributed by atoms with van der Waals surface area (Å²) in [5, 5.41) is 5.56. The smallest absolute Gasteiger partial charge is 0.251 e. The van der Waals surface area contributed by atoms with Crippen LogP contribution in [0.25, 0.3) is 0 Å². The molecule has 0 saturated carbocycles. The van der Waals surface area contributed by atoms with Crippen molar-refractivity contribution in [3.8, 4) is 0 Å². The van der Waals surface area contributed by atoms with Crippen molar-refractivity contribution in [2.24, 2.45) is 0 Å². The van der Waals surface area contributed by atoms with Gasteiger partial charge in [0, 0.05) is 37.0 Å². The maximum atomic E-state index is 12.1. The number of aryl methyl sites for hydroxylation is 1. The quantitative estimate of drug-likeness (QED) is 0.507. The number of ether oxygens (including phenoxy) is 1. The van der Waals surface area contributed by atoms with E-state index in [0.29, 0.717) is 42.9 Å². The number of carbonyl (C=O) groups excluding carboxylic acids is 2. The van der Waals surface area contributed by atoms with Gasteiger partial charge in [0.2, 0.25) is 5.91 Å². The molecule has 0 bridgehead atoms. The largest absolute Gasteiger partial charge is 0.399 e. The Balaban J connectivity index is 1.88. The van der Waals surface area contributed by atoms with E-state index in [1.54, 1.807) is 31.4 Å². The lowest BCUT2D eigenvalue weighted by Crippen LogP contribution is -2.27. The van der Waals surface area contributed by atoms with E-state index in [0.717, 1.165) is 5.56 Å². The molecule has 0 spiro atoms. The second kappa shape index (κ2) is 9.44. The summed E-state index contributed by atoms with van der Waals surface area (Å²) in [7, 11) is 1.58. The molecule has 0 atom stereocenters. The molecule has 4 N–H and O–H groups in total. The van der Waals surface area contributed by atoms with E-state index in [-0.39, 0.29) is 11.8 Å². The van der Waals surface area contributed by atoms with Crippen LogP contribution in [0.5, 0.6) is 0 Å². The molecule has 2 amide bonds. The highest BCUT2D eigenvalue weighted by Crippen LogP contribution is 2.13. The Hall–Kier alpha value is -2.86. The van der Waals surface area contributed by atoms with Crippen LogP contribution in [-0.2, 0) is 16.0 Å². The van der Waals surface area contributed by atoms with Crippen molar-refractivity contribution in [3.63, 3.8) is 0 Å². The van der Waals surface area contributed by atoms with Gasteiger partial charge in [-0.25, -0.2) is 0 Å². The molecule has 2 aromatic rings. The molecule has 0 unspecified atom stereocenters. The number of benzene rings is 2. The highest BCUT2D eigenvalue weighted by atomic mass is 16.5. The lowest BCUT2D eigenvalue weighted by atomic mass is 10.1. The molecular weight excluding hydrogens is 318 g/mol. The van der Waals surface area contributed by atoms with Crippen LogP contribution in [0, 0.1) is 0 Å². The summed E-state index contributed by atoms with van der Waals surface area (Å²) < 4.78 is 4.90. The maximum Gasteiger partial charge on any atom is 0.251 e. The van der Waals surface area contributed by atoms with Gasteiger partial charge in [0.25, 0.3) is 5.91 Å². The normalized spacial score (nSPS) is 10.3. The van der Waals surface area contributed by atoms with Crippen LogP contribution in [-0.4, -0.2) is 32.1 Å². The van der Waals surface area contributed by atoms with Crippen LogP contribution in [0.4, 0.5) is 11.4 Å². The third-order valence-electron chi connectivity index (χ3n) is 3.59. The molecule has 0 fully saturated rings. The zero-order valence-electron chi connectivity index (χ0n) is 14.2. The molecule has 0 radical (unpaired) electrons. The second-order valence-corrected chi connectivity index (χ2v) is 5.62. The number of nitrogens with two attached hydrogens (primary N) is 1. The van der Waals surface area contributed by atoms with Gasteiger partial charge in [0.15, 0.2) is 0 Å². The van der Waals surface area contributed by atoms with Gasteiger partial charge >= 0.3 is 0 Å². The summed E-state index contributed by atoms with van der Waals surface area (Å²) in [6.07, 6.45) is 0.946. The fraction of sp³-hybridized carbons (Fsp3) is 0.263. The van der Waals surface area contributed by atoms with Crippen molar-refractivity contribution >= 4 is 23.2 Å². The van der Waals surface area contributed by atoms with Crippen LogP contribution < -0.4 is 16.4 Å². The van der Waals surface area contributed by atoms with Gasteiger partial charge in [-0.1, -0.05) is 18.2 Å². The lowest BCUT2D eigenvalue weighted by molar-refractivity contribution is -0.116. The molecule has 2 aromatic carbocycles. The molecule has 0 aliphatic heterocycles. The fourth-order valence-corrected chi connectivity index (χ4v) is 2.34. The number of hydrogen-bond donors (Lipinski definition) is 3. The van der Waals surface area contributed by atoms with Gasteiger partial charge in [-0.2, -0.15) is 0 Å². The monoisotopic (exact) mass is 341 g/mol. The van der Waals surface area contributed by atoms with Crippen molar-refractivity contribution in [2.45, 2.75) is 12.8 Å². The summed E-state index contributed by atoms with van der Waals surface area (Å²) in [4.78, 5) is 24.1. The number of rotatable bonds is 8. The Bertz CT molecular complexity index is 731. The van der Waals surface area contributed by atoms with E-state index < -0.39 is 0 Å². The molecule has 0 heterocycles. The third-order valence-corrected chi connectivity index (χ3v) is 3.59. The zero-order chi connectivity index (χ0) is 18.1. The van der Waals surface area contributed by atoms with E-state index in [9.17, 15) is 9.59 Å². The van der Waals surface area contributed by atoms with Gasteiger partial charge in [0.05, 0.1) is 6.61 Å². The Morgan fingerprint density at radius 1 is 1.12 bits per heavy atom. The van der Waals surface area contributed by atoms with E-state index in [1.165, 1.54) is 0 Å². The van der Waals surface area contributed by atoms with Gasteiger partial charge in [-0.05, 0) is 42.3 Å². The molecule has 25 heavy (non-hydrogen) atoms. The highest BCUT2D eigenvalue weighted by Gasteiger charge is 2.08. The maximum absolute atomic E-state index is 12.1. The zero-order valence-corrected chi connectivity index (χ0v) is 14.2. The van der Waals surface area contributed by atoms with Crippen LogP contribution >= 0.6 is 0 Å². The molecular formula is C19H23N3O3. The number of nitrogen functional groups attached to an aromatic ring is 1. The number of carbonyl (C=O) groups is 2. The lowest BCUT2D eigenvalue weighted by Gasteiger charge is -2.08. The average molecular weight is 341 g/mol. The van der Waals surface area contributed by atoms with Crippen LogP contribution in [0.3, 0.4) is 0 Å². The standard InChI is InChI=1S/C19H23N3O3/c1-25-11-10-21-19(24)15-5-3-7-17(13-15)22-18(23)9-8-14-4-2-6-16(20)12-14/h2-7,12-13H,8-11,20H2,1H3,(H,21,24)(H,22,23). The topological polar surface area (TPSA) is 93.5 Å². The molecule has 6 heteroatoms. The van der Waals surface area contributed by atoms with Crippen LogP contribution in [0.1, 0.15) is 22.3 Å². The number of methoxy groups -OCH3 is 1. The van der Waals surface area contributed by atoms with Gasteiger partial charge in [-0.3, -0.25) is 9.59 Å². The molecule has 0 aliphatic carbocycles. The predicted molar refractivity (Wildman–Crippen MR) is 98.5 cm³/mol. The minimum absolute atomic E-state index is 0.112. The third kappa shape index (κ3) is 6.27. The number of anilines is 2. The Morgan fingerprint density at radius 2 is 1.92 bits per heavy atom. The summed E-state index contributed by atoms with van der Waals surface area (Å²) in [6.45, 7) is 0.887. The first-order chi connectivity index (χ1) is 12.1. The van der Waals surface area contributed by atoms with E-state index in [4.69, 9.17) is 10.5 Å². The van der Waals surface area contributed by atoms with Crippen molar-refractivity contribution in [1.29, 1.82) is 0 Å². The van der Waals surface area contributed by atoms with Crippen molar-refractivity contribution in [2.75, 3.05) is 31.3 Å². The summed E-state index contributed by atoms with van der Waals surface area (Å²) in [5.74, 6) is -0.313. The Labute approximate surface area is 147 Å². The van der Waals surface area contributed by atoms with Crippen LogP contribution in [0.15, 0.2) is 48.5 Å². The minimum atomic E-state index is -0.201. The van der Waals surface area contributed by atoms with Gasteiger partial charge < -0.3 is 21.1 Å². The molecule has 6 nitrogen and oxygen atoms in total. The minimum Gasteiger partial charge on any atom is -0.399 e. The second-order valence-electron chi connectivity index (χ2n) is 5.62. The number of amides is 2. The molecule has 0 saturated heterocycles. The summed E-state index contributed by atoms with van der Waals surface area (Å²) in [6, 6.07) is 14.3. The van der Waals surface area contributed by atoms with Crippen LogP contribution in [0.2, 0.25) is 0 Å². The molecule has 2 rings (SSSR count). The predicted octanol–water partition coefficient (Wildman–Crippen LogP) is 2.22. The summed E-state index contributed by atoms with van der Waals surface area (Å²) in [5.41, 5.74) is 8.52. The number of nitrogens with one attached hydrogen (secondary N) is 2. The van der Waals surface area contributed by atoms with E-state index in [2.05, 4.69) is 10.6 Å². The van der Waals surface area contributed by atoms with Gasteiger partial charge in [-0.15, -0.1) is 0 Å². The first-order valence-corrected chi connectivity index (χ1v) is 8.10. The first kappa shape index (κ1) is 18.5. The molecule has 0 aromatic heterocycles. The Morgan fingerprint density at radius 3 is 2.68 bits per heavy atom. The first-order valence-electron chi connectivity index (χ1n) is 8.10. The molecule has 0 aliphatic rings. The SMILES string of the molecule is COCCNC(=O)c1cccc(NC(=O)CCc2cccc(N)c2)c1. The van der Waals surface area contributed by atoms with Crippen molar-refractivity contribution in [3.05, 3.63) is 59.7 Å². The highest BCUT2D eigenvalue weighted by molar-refractivity contribution is 5.97. The Kier molecular flexibility index (Phi) is 6.98. The summed E-state index contributed by atoms with van der Waals surface area (Å²) >= 11 is 0. The van der Waals surface area contributed by atoms with Crippen molar-refractivity contribution in [1.82, 2.24) is 5.32 Å². The van der Waals surface area contributed by atoms with E-state index in [1.807, 2.05) is 24.3 Å². The van der Waals surface area contributed by atoms with Crippen molar-refractivity contribution < 1.29 is 14.3 Å². The molecule has 132 valence electrons. The van der Waals surface area contributed by atoms with Gasteiger partial charge in [0.1, 0.15) is 0 Å². The number of hydrogen-bond acceptors (Lipinski definition) is 4.